The molecule has 2 N–H and O–H groups in total. The average molecular weight is 421 g/mol. The van der Waals surface area contributed by atoms with E-state index in [2.05, 4.69) is 10.0 Å². The van der Waals surface area contributed by atoms with E-state index in [-0.39, 0.29) is 30.1 Å². The van der Waals surface area contributed by atoms with Gasteiger partial charge in [-0.2, -0.15) is 0 Å². The van der Waals surface area contributed by atoms with Crippen LogP contribution in [0.2, 0.25) is 0 Å². The van der Waals surface area contributed by atoms with Gasteiger partial charge in [-0.3, -0.25) is 4.79 Å². The normalized spacial score (nSPS) is 11.4. The van der Waals surface area contributed by atoms with Gasteiger partial charge in [0.1, 0.15) is 5.75 Å². The molecule has 0 atom stereocenters. The average Bonchev–Trinajstić information content (AvgIpc) is 2.69. The number of benzene rings is 2. The summed E-state index contributed by atoms with van der Waals surface area (Å²) in [4.78, 5) is 12.4. The number of hydrogen-bond donors (Lipinski definition) is 2. The maximum atomic E-state index is 12.4. The Hall–Kier alpha value is -2.42. The molecule has 0 heterocycles. The van der Waals surface area contributed by atoms with E-state index in [1.165, 1.54) is 19.2 Å². The lowest BCUT2D eigenvalue weighted by Gasteiger charge is -2.11. The van der Waals surface area contributed by atoms with Crippen molar-refractivity contribution < 1.29 is 22.7 Å². The first-order chi connectivity index (χ1) is 13.8. The van der Waals surface area contributed by atoms with E-state index in [9.17, 15) is 13.2 Å². The molecular weight excluding hydrogens is 392 g/mol. The summed E-state index contributed by atoms with van der Waals surface area (Å²) in [6, 6.07) is 13.7. The van der Waals surface area contributed by atoms with Crippen molar-refractivity contribution in [2.45, 2.75) is 31.3 Å². The van der Waals surface area contributed by atoms with Crippen LogP contribution in [-0.4, -0.2) is 47.2 Å². The first-order valence-corrected chi connectivity index (χ1v) is 10.9. The smallest absolute Gasteiger partial charge is 0.251 e. The lowest BCUT2D eigenvalue weighted by atomic mass is 10.1. The van der Waals surface area contributed by atoms with E-state index in [0.29, 0.717) is 18.5 Å². The number of rotatable bonds is 11. The molecule has 0 radical (unpaired) electrons. The van der Waals surface area contributed by atoms with Crippen LogP contribution in [-0.2, 0) is 21.2 Å². The number of nitrogens with one attached hydrogen (secondary N) is 2. The van der Waals surface area contributed by atoms with E-state index in [0.717, 1.165) is 11.3 Å². The summed E-state index contributed by atoms with van der Waals surface area (Å²) in [6.45, 7) is 4.81. The Morgan fingerprint density at radius 3 is 2.45 bits per heavy atom. The standard InChI is InChI=1S/C21H28N2O5S/c1-16(2)28-19-9-7-17(8-10-19)11-12-22-21(24)18-5-4-6-20(15-18)29(25,26)23-13-14-27-3/h4-10,15-16,23H,11-14H2,1-3H3,(H,22,24). The molecule has 2 rings (SSSR count). The Labute approximate surface area is 172 Å². The second kappa shape index (κ2) is 10.9. The second-order valence-corrected chi connectivity index (χ2v) is 8.50. The summed E-state index contributed by atoms with van der Waals surface area (Å²) in [5.74, 6) is 0.489. The molecule has 2 aromatic rings. The first-order valence-electron chi connectivity index (χ1n) is 9.44. The SMILES string of the molecule is COCCNS(=O)(=O)c1cccc(C(=O)NCCc2ccc(OC(C)C)cc2)c1. The fourth-order valence-corrected chi connectivity index (χ4v) is 3.65. The van der Waals surface area contributed by atoms with E-state index in [1.54, 1.807) is 12.1 Å². The molecule has 0 bridgehead atoms. The van der Waals surface area contributed by atoms with Gasteiger partial charge < -0.3 is 14.8 Å². The van der Waals surface area contributed by atoms with Crippen LogP contribution in [0.3, 0.4) is 0 Å². The highest BCUT2D eigenvalue weighted by atomic mass is 32.2. The Morgan fingerprint density at radius 1 is 1.07 bits per heavy atom. The molecule has 0 spiro atoms. The zero-order valence-electron chi connectivity index (χ0n) is 17.0. The van der Waals surface area contributed by atoms with Gasteiger partial charge in [-0.1, -0.05) is 18.2 Å². The molecule has 0 saturated heterocycles. The number of carbonyl (C=O) groups excluding carboxylic acids is 1. The molecule has 0 unspecified atom stereocenters. The molecule has 2 aromatic carbocycles. The van der Waals surface area contributed by atoms with Crippen LogP contribution < -0.4 is 14.8 Å². The van der Waals surface area contributed by atoms with Crippen molar-refractivity contribution in [1.29, 1.82) is 0 Å². The minimum absolute atomic E-state index is 0.0435. The van der Waals surface area contributed by atoms with Crippen molar-refractivity contribution in [1.82, 2.24) is 10.0 Å². The van der Waals surface area contributed by atoms with E-state index in [1.807, 2.05) is 38.1 Å². The molecule has 0 aromatic heterocycles. The fourth-order valence-electron chi connectivity index (χ4n) is 2.60. The summed E-state index contributed by atoms with van der Waals surface area (Å²) >= 11 is 0. The van der Waals surface area contributed by atoms with Crippen molar-refractivity contribution in [2.24, 2.45) is 0 Å². The summed E-state index contributed by atoms with van der Waals surface area (Å²) in [5.41, 5.74) is 1.36. The lowest BCUT2D eigenvalue weighted by molar-refractivity contribution is 0.0954. The summed E-state index contributed by atoms with van der Waals surface area (Å²) in [5, 5.41) is 2.82. The monoisotopic (exact) mass is 420 g/mol. The number of amides is 1. The molecule has 1 amide bonds. The third-order valence-electron chi connectivity index (χ3n) is 4.00. The molecule has 0 aliphatic carbocycles. The topological polar surface area (TPSA) is 93.7 Å². The highest BCUT2D eigenvalue weighted by molar-refractivity contribution is 7.89. The number of sulfonamides is 1. The summed E-state index contributed by atoms with van der Waals surface area (Å²) in [7, 11) is -2.19. The second-order valence-electron chi connectivity index (χ2n) is 6.73. The number of hydrogen-bond acceptors (Lipinski definition) is 5. The predicted molar refractivity (Wildman–Crippen MR) is 112 cm³/mol. The molecule has 158 valence electrons. The van der Waals surface area contributed by atoms with Crippen LogP contribution in [0.4, 0.5) is 0 Å². The van der Waals surface area contributed by atoms with Crippen LogP contribution in [0.15, 0.2) is 53.4 Å². The van der Waals surface area contributed by atoms with Gasteiger partial charge in [0, 0.05) is 25.8 Å². The lowest BCUT2D eigenvalue weighted by Crippen LogP contribution is -2.28. The maximum Gasteiger partial charge on any atom is 0.251 e. The molecule has 29 heavy (non-hydrogen) atoms. The van der Waals surface area contributed by atoms with Crippen molar-refractivity contribution >= 4 is 15.9 Å². The van der Waals surface area contributed by atoms with Crippen molar-refractivity contribution in [3.63, 3.8) is 0 Å². The summed E-state index contributed by atoms with van der Waals surface area (Å²) < 4.78 is 37.4. The van der Waals surface area contributed by atoms with Crippen LogP contribution in [0.25, 0.3) is 0 Å². The van der Waals surface area contributed by atoms with E-state index in [4.69, 9.17) is 9.47 Å². The van der Waals surface area contributed by atoms with Gasteiger partial charge in [0.25, 0.3) is 5.91 Å². The Bertz CT molecular complexity index is 896. The van der Waals surface area contributed by atoms with Crippen LogP contribution in [0.5, 0.6) is 5.75 Å². The molecule has 0 aliphatic rings. The number of carbonyl (C=O) groups is 1. The Morgan fingerprint density at radius 2 is 1.79 bits per heavy atom. The van der Waals surface area contributed by atoms with Gasteiger partial charge in [0.15, 0.2) is 0 Å². The van der Waals surface area contributed by atoms with Crippen molar-refractivity contribution in [3.05, 3.63) is 59.7 Å². The van der Waals surface area contributed by atoms with Crippen molar-refractivity contribution in [3.8, 4) is 5.75 Å². The predicted octanol–water partition coefficient (Wildman–Crippen LogP) is 2.37. The molecule has 0 saturated carbocycles. The number of ether oxygens (including phenoxy) is 2. The van der Waals surface area contributed by atoms with Crippen molar-refractivity contribution in [2.75, 3.05) is 26.8 Å². The largest absolute Gasteiger partial charge is 0.491 e. The minimum Gasteiger partial charge on any atom is -0.491 e. The Balaban J connectivity index is 1.91. The first kappa shape index (κ1) is 22.9. The van der Waals surface area contributed by atoms with E-state index >= 15 is 0 Å². The van der Waals surface area contributed by atoms with Gasteiger partial charge in [0.05, 0.1) is 17.6 Å². The third kappa shape index (κ3) is 7.49. The highest BCUT2D eigenvalue weighted by Crippen LogP contribution is 2.14. The molecule has 7 nitrogen and oxygen atoms in total. The fraction of sp³-hybridized carbons (Fsp3) is 0.381. The molecular formula is C21H28N2O5S. The van der Waals surface area contributed by atoms with Gasteiger partial charge in [-0.05, 0) is 56.2 Å². The molecule has 0 aliphatic heterocycles. The third-order valence-corrected chi connectivity index (χ3v) is 5.46. The van der Waals surface area contributed by atoms with Crippen LogP contribution in [0.1, 0.15) is 29.8 Å². The highest BCUT2D eigenvalue weighted by Gasteiger charge is 2.15. The van der Waals surface area contributed by atoms with Gasteiger partial charge >= 0.3 is 0 Å². The zero-order valence-corrected chi connectivity index (χ0v) is 17.8. The Kier molecular flexibility index (Phi) is 8.63. The molecule has 8 heteroatoms. The van der Waals surface area contributed by atoms with Gasteiger partial charge in [-0.25, -0.2) is 13.1 Å². The quantitative estimate of drug-likeness (QED) is 0.545. The zero-order chi connectivity index (χ0) is 21.3. The number of methoxy groups -OCH3 is 1. The van der Waals surface area contributed by atoms with E-state index < -0.39 is 10.0 Å². The maximum absolute atomic E-state index is 12.4. The van der Waals surface area contributed by atoms with Crippen LogP contribution in [0, 0.1) is 0 Å². The summed E-state index contributed by atoms with van der Waals surface area (Å²) in [6.07, 6.45) is 0.777. The molecule has 0 fully saturated rings. The minimum atomic E-state index is -3.69. The van der Waals surface area contributed by atoms with Gasteiger partial charge in [-0.15, -0.1) is 0 Å². The van der Waals surface area contributed by atoms with Crippen LogP contribution >= 0.6 is 0 Å². The van der Waals surface area contributed by atoms with Gasteiger partial charge in [0.2, 0.25) is 10.0 Å².